The molecule has 128 valence electrons. The summed E-state index contributed by atoms with van der Waals surface area (Å²) in [7, 11) is 0. The van der Waals surface area contributed by atoms with Gasteiger partial charge in [0.15, 0.2) is 5.65 Å². The Hall–Kier alpha value is -2.44. The van der Waals surface area contributed by atoms with Crippen molar-refractivity contribution in [2.75, 3.05) is 19.6 Å². The fourth-order valence-electron chi connectivity index (χ4n) is 3.26. The van der Waals surface area contributed by atoms with Crippen LogP contribution in [-0.2, 0) is 0 Å². The molecule has 4 rings (SSSR count). The summed E-state index contributed by atoms with van der Waals surface area (Å²) in [6.45, 7) is 4.03. The molecule has 1 atom stereocenters. The minimum absolute atomic E-state index is 0.0264. The average Bonchev–Trinajstić information content (AvgIpc) is 3.01. The summed E-state index contributed by atoms with van der Waals surface area (Å²) >= 11 is 6.13. The summed E-state index contributed by atoms with van der Waals surface area (Å²) in [5.74, 6) is -0.0264. The second-order valence-electron chi connectivity index (χ2n) is 6.22. The predicted octanol–water partition coefficient (Wildman–Crippen LogP) is 2.71. The standard InChI is InChI=1S/C18H18ClN5O/c1-11-15-8-13(9-21-17(15)23-22-11)18(25)24-6-5-20-10-16(24)12-3-2-4-14(19)7-12/h2-4,7-9,16,20H,5-6,10H2,1H3,(H,21,22,23). The number of nitrogens with zero attached hydrogens (tertiary/aromatic N) is 3. The van der Waals surface area contributed by atoms with Gasteiger partial charge in [0.25, 0.3) is 5.91 Å². The first-order valence-electron chi connectivity index (χ1n) is 8.21. The van der Waals surface area contributed by atoms with E-state index in [1.807, 2.05) is 42.2 Å². The van der Waals surface area contributed by atoms with Crippen LogP contribution >= 0.6 is 11.6 Å². The molecule has 1 amide bonds. The molecule has 6 nitrogen and oxygen atoms in total. The van der Waals surface area contributed by atoms with Gasteiger partial charge in [0.05, 0.1) is 11.6 Å². The van der Waals surface area contributed by atoms with Gasteiger partial charge in [0.2, 0.25) is 0 Å². The predicted molar refractivity (Wildman–Crippen MR) is 96.7 cm³/mol. The van der Waals surface area contributed by atoms with Crippen molar-refractivity contribution in [2.24, 2.45) is 0 Å². The fourth-order valence-corrected chi connectivity index (χ4v) is 3.46. The number of halogens is 1. The van der Waals surface area contributed by atoms with Crippen LogP contribution in [0.1, 0.15) is 27.7 Å². The quantitative estimate of drug-likeness (QED) is 0.741. The summed E-state index contributed by atoms with van der Waals surface area (Å²) in [6, 6.07) is 9.48. The third-order valence-electron chi connectivity index (χ3n) is 4.58. The van der Waals surface area contributed by atoms with Crippen molar-refractivity contribution in [1.82, 2.24) is 25.4 Å². The lowest BCUT2D eigenvalue weighted by atomic mass is 10.0. The Balaban J connectivity index is 1.69. The lowest BCUT2D eigenvalue weighted by molar-refractivity contribution is 0.0634. The molecule has 0 bridgehead atoms. The fraction of sp³-hybridized carbons (Fsp3) is 0.278. The molecule has 2 N–H and O–H groups in total. The molecule has 0 aliphatic carbocycles. The number of rotatable bonds is 2. The first kappa shape index (κ1) is 16.1. The van der Waals surface area contributed by atoms with Crippen molar-refractivity contribution < 1.29 is 4.79 Å². The molecule has 2 aromatic heterocycles. The summed E-state index contributed by atoms with van der Waals surface area (Å²) in [4.78, 5) is 19.3. The smallest absolute Gasteiger partial charge is 0.256 e. The van der Waals surface area contributed by atoms with Crippen LogP contribution in [-0.4, -0.2) is 45.6 Å². The van der Waals surface area contributed by atoms with E-state index in [1.54, 1.807) is 6.20 Å². The number of hydrogen-bond acceptors (Lipinski definition) is 4. The van der Waals surface area contributed by atoms with E-state index in [9.17, 15) is 4.79 Å². The first-order valence-corrected chi connectivity index (χ1v) is 8.59. The number of fused-ring (bicyclic) bond motifs is 1. The molecule has 1 unspecified atom stereocenters. The van der Waals surface area contributed by atoms with Crippen molar-refractivity contribution in [3.8, 4) is 0 Å². The maximum absolute atomic E-state index is 13.1. The molecule has 0 saturated carbocycles. The lowest BCUT2D eigenvalue weighted by Gasteiger charge is -2.36. The van der Waals surface area contributed by atoms with E-state index in [4.69, 9.17) is 11.6 Å². The van der Waals surface area contributed by atoms with Crippen LogP contribution < -0.4 is 5.32 Å². The molecule has 7 heteroatoms. The number of carbonyl (C=O) groups excluding carboxylic acids is 1. The minimum atomic E-state index is -0.0545. The molecule has 3 aromatic rings. The van der Waals surface area contributed by atoms with E-state index in [1.165, 1.54) is 0 Å². The van der Waals surface area contributed by atoms with Crippen LogP contribution in [0.15, 0.2) is 36.5 Å². The van der Waals surface area contributed by atoms with Gasteiger partial charge in [-0.15, -0.1) is 0 Å². The maximum Gasteiger partial charge on any atom is 0.256 e. The van der Waals surface area contributed by atoms with E-state index in [2.05, 4.69) is 20.5 Å². The molecule has 1 fully saturated rings. The Morgan fingerprint density at radius 2 is 2.24 bits per heavy atom. The Morgan fingerprint density at radius 1 is 1.36 bits per heavy atom. The Bertz CT molecular complexity index is 938. The average molecular weight is 356 g/mol. The van der Waals surface area contributed by atoms with Crippen molar-refractivity contribution >= 4 is 28.5 Å². The first-order chi connectivity index (χ1) is 12.1. The van der Waals surface area contributed by atoms with E-state index >= 15 is 0 Å². The number of hydrogen-bond donors (Lipinski definition) is 2. The minimum Gasteiger partial charge on any atom is -0.329 e. The van der Waals surface area contributed by atoms with Crippen molar-refractivity contribution in [3.63, 3.8) is 0 Å². The van der Waals surface area contributed by atoms with Crippen LogP contribution in [0.4, 0.5) is 0 Å². The van der Waals surface area contributed by atoms with Crippen LogP contribution in [0.25, 0.3) is 11.0 Å². The summed E-state index contributed by atoms with van der Waals surface area (Å²) in [5.41, 5.74) is 3.14. The zero-order valence-corrected chi connectivity index (χ0v) is 14.5. The van der Waals surface area contributed by atoms with Crippen molar-refractivity contribution in [1.29, 1.82) is 0 Å². The zero-order valence-electron chi connectivity index (χ0n) is 13.8. The van der Waals surface area contributed by atoms with Gasteiger partial charge < -0.3 is 10.2 Å². The van der Waals surface area contributed by atoms with Gasteiger partial charge in [-0.2, -0.15) is 5.10 Å². The van der Waals surface area contributed by atoms with Crippen LogP contribution in [0.5, 0.6) is 0 Å². The van der Waals surface area contributed by atoms with Gasteiger partial charge in [0, 0.05) is 41.9 Å². The topological polar surface area (TPSA) is 73.9 Å². The maximum atomic E-state index is 13.1. The third-order valence-corrected chi connectivity index (χ3v) is 4.82. The number of pyridine rings is 1. The number of aryl methyl sites for hydroxylation is 1. The number of H-pyrrole nitrogens is 1. The number of aromatic amines is 1. The highest BCUT2D eigenvalue weighted by Crippen LogP contribution is 2.27. The van der Waals surface area contributed by atoms with E-state index in [0.717, 1.165) is 23.2 Å². The number of nitrogens with one attached hydrogen (secondary N) is 2. The lowest BCUT2D eigenvalue weighted by Crippen LogP contribution is -2.48. The molecule has 1 aromatic carbocycles. The molecule has 0 radical (unpaired) electrons. The Morgan fingerprint density at radius 3 is 3.08 bits per heavy atom. The van der Waals surface area contributed by atoms with Crippen LogP contribution in [0, 0.1) is 6.92 Å². The number of aromatic nitrogens is 3. The number of benzene rings is 1. The normalized spacial score (nSPS) is 17.8. The highest BCUT2D eigenvalue weighted by Gasteiger charge is 2.29. The third kappa shape index (κ3) is 2.99. The summed E-state index contributed by atoms with van der Waals surface area (Å²) in [5, 5.41) is 11.9. The Kier molecular flexibility index (Phi) is 4.15. The zero-order chi connectivity index (χ0) is 17.4. The number of piperazine rings is 1. The van der Waals surface area contributed by atoms with Crippen LogP contribution in [0.2, 0.25) is 5.02 Å². The van der Waals surface area contributed by atoms with E-state index in [0.29, 0.717) is 29.3 Å². The molecular formula is C18H18ClN5O. The second-order valence-corrected chi connectivity index (χ2v) is 6.65. The summed E-state index contributed by atoms with van der Waals surface area (Å²) < 4.78 is 0. The van der Waals surface area contributed by atoms with E-state index < -0.39 is 0 Å². The molecular weight excluding hydrogens is 338 g/mol. The highest BCUT2D eigenvalue weighted by atomic mass is 35.5. The van der Waals surface area contributed by atoms with Gasteiger partial charge in [-0.1, -0.05) is 23.7 Å². The molecule has 1 saturated heterocycles. The molecule has 3 heterocycles. The summed E-state index contributed by atoms with van der Waals surface area (Å²) in [6.07, 6.45) is 1.60. The SMILES string of the molecule is Cc1[nH]nc2ncc(C(=O)N3CCNCC3c3cccc(Cl)c3)cc12. The van der Waals surface area contributed by atoms with Crippen molar-refractivity contribution in [3.05, 3.63) is 58.4 Å². The monoisotopic (exact) mass is 355 g/mol. The van der Waals surface area contributed by atoms with Gasteiger partial charge in [0.1, 0.15) is 0 Å². The van der Waals surface area contributed by atoms with Gasteiger partial charge >= 0.3 is 0 Å². The highest BCUT2D eigenvalue weighted by molar-refractivity contribution is 6.30. The van der Waals surface area contributed by atoms with E-state index in [-0.39, 0.29) is 11.9 Å². The van der Waals surface area contributed by atoms with Gasteiger partial charge in [-0.25, -0.2) is 4.98 Å². The van der Waals surface area contributed by atoms with Gasteiger partial charge in [-0.05, 0) is 30.7 Å². The number of carbonyl (C=O) groups is 1. The molecule has 25 heavy (non-hydrogen) atoms. The van der Waals surface area contributed by atoms with Crippen molar-refractivity contribution in [2.45, 2.75) is 13.0 Å². The number of amides is 1. The Labute approximate surface area is 150 Å². The largest absolute Gasteiger partial charge is 0.329 e. The molecule has 1 aliphatic rings. The molecule has 0 spiro atoms. The van der Waals surface area contributed by atoms with Crippen LogP contribution in [0.3, 0.4) is 0 Å². The molecule has 1 aliphatic heterocycles. The van der Waals surface area contributed by atoms with Gasteiger partial charge in [-0.3, -0.25) is 9.89 Å². The second kappa shape index (κ2) is 6.46.